The lowest BCUT2D eigenvalue weighted by atomic mass is 9.48. The van der Waals surface area contributed by atoms with E-state index in [1.165, 1.54) is 44.1 Å². The highest BCUT2D eigenvalue weighted by atomic mass is 16.7. The Kier molecular flexibility index (Phi) is 4.16. The summed E-state index contributed by atoms with van der Waals surface area (Å²) in [6.45, 7) is 0. The van der Waals surface area contributed by atoms with E-state index in [4.69, 9.17) is 5.90 Å². The highest BCUT2D eigenvalue weighted by Crippen LogP contribution is 2.61. The van der Waals surface area contributed by atoms with Crippen molar-refractivity contribution >= 4 is 16.7 Å². The number of hydrogen-bond acceptors (Lipinski definition) is 4. The van der Waals surface area contributed by atoms with Gasteiger partial charge in [-0.1, -0.05) is 24.3 Å². The Morgan fingerprint density at radius 3 is 2.19 bits per heavy atom. The lowest BCUT2D eigenvalue weighted by Crippen LogP contribution is -2.48. The molecule has 0 aliphatic heterocycles. The van der Waals surface area contributed by atoms with Crippen LogP contribution in [0.5, 0.6) is 5.75 Å². The number of phenolic OH excluding ortho intramolecular Hbond substituents is 1. The summed E-state index contributed by atoms with van der Waals surface area (Å²) < 4.78 is 0. The maximum Gasteiger partial charge on any atom is 0.356 e. The lowest BCUT2D eigenvalue weighted by molar-refractivity contribution is -0.00518. The fourth-order valence-corrected chi connectivity index (χ4v) is 7.17. The summed E-state index contributed by atoms with van der Waals surface area (Å²) in [5, 5.41) is 12.7. The molecule has 4 aliphatic carbocycles. The topological polar surface area (TPSA) is 72.5 Å². The summed E-state index contributed by atoms with van der Waals surface area (Å²) >= 11 is 0. The van der Waals surface area contributed by atoms with Gasteiger partial charge in [0.2, 0.25) is 0 Å². The number of rotatable bonds is 3. The lowest BCUT2D eigenvalue weighted by Gasteiger charge is -2.57. The second-order valence-corrected chi connectivity index (χ2v) is 10.1. The van der Waals surface area contributed by atoms with Crippen LogP contribution in [-0.4, -0.2) is 11.1 Å². The number of aromatic hydroxyl groups is 1. The monoisotopic (exact) mass is 413 g/mol. The third-order valence-electron chi connectivity index (χ3n) is 8.14. The standard InChI is InChI=1S/C27H27NO3/c28-31-26(30)22-4-2-19-10-21(3-1-20(19)11-22)24-12-23(5-6-25(24)29)27-13-16-7-17(14-27)9-18(8-16)15-27/h1-6,10-12,16-18,29H,7-9,13-15,28H2. The number of phenols is 1. The van der Waals surface area contributed by atoms with E-state index in [0.29, 0.717) is 16.7 Å². The van der Waals surface area contributed by atoms with Crippen molar-refractivity contribution < 1.29 is 14.7 Å². The van der Waals surface area contributed by atoms with E-state index in [0.717, 1.165) is 39.7 Å². The smallest absolute Gasteiger partial charge is 0.356 e. The molecule has 0 atom stereocenters. The number of hydrogen-bond donors (Lipinski definition) is 2. The summed E-state index contributed by atoms with van der Waals surface area (Å²) in [5.74, 6) is 7.44. The van der Waals surface area contributed by atoms with Gasteiger partial charge in [-0.05, 0) is 114 Å². The van der Waals surface area contributed by atoms with Crippen molar-refractivity contribution in [1.29, 1.82) is 0 Å². The molecule has 4 nitrogen and oxygen atoms in total. The summed E-state index contributed by atoms with van der Waals surface area (Å²) in [6.07, 6.45) is 8.19. The first-order valence-electron chi connectivity index (χ1n) is 11.3. The van der Waals surface area contributed by atoms with E-state index in [9.17, 15) is 9.90 Å². The van der Waals surface area contributed by atoms with Gasteiger partial charge in [0.25, 0.3) is 0 Å². The Hall–Kier alpha value is -2.85. The molecule has 31 heavy (non-hydrogen) atoms. The van der Waals surface area contributed by atoms with Crippen LogP contribution in [0.3, 0.4) is 0 Å². The fraction of sp³-hybridized carbons (Fsp3) is 0.370. The summed E-state index contributed by atoms with van der Waals surface area (Å²) in [7, 11) is 0. The van der Waals surface area contributed by atoms with Gasteiger partial charge in [-0.25, -0.2) is 4.79 Å². The Balaban J connectivity index is 1.40. The zero-order chi connectivity index (χ0) is 21.2. The van der Waals surface area contributed by atoms with Crippen LogP contribution in [0.15, 0.2) is 54.6 Å². The SMILES string of the molecule is NOC(=O)c1ccc2cc(-c3cc(C45CC6CC(CC(C6)C4)C5)ccc3O)ccc2c1. The Labute approximate surface area is 182 Å². The molecule has 0 radical (unpaired) electrons. The number of benzene rings is 3. The first-order chi connectivity index (χ1) is 15.0. The molecule has 7 rings (SSSR count). The Morgan fingerprint density at radius 1 is 0.871 bits per heavy atom. The van der Waals surface area contributed by atoms with Gasteiger partial charge in [0.1, 0.15) is 5.75 Å². The van der Waals surface area contributed by atoms with Crippen molar-refractivity contribution in [1.82, 2.24) is 0 Å². The van der Waals surface area contributed by atoms with Crippen LogP contribution >= 0.6 is 0 Å². The minimum atomic E-state index is -0.549. The fourth-order valence-electron chi connectivity index (χ4n) is 7.17. The quantitative estimate of drug-likeness (QED) is 0.540. The van der Waals surface area contributed by atoms with Crippen LogP contribution in [-0.2, 0) is 10.3 Å². The predicted octanol–water partition coefficient (Wildman–Crippen LogP) is 5.71. The van der Waals surface area contributed by atoms with E-state index >= 15 is 0 Å². The molecule has 0 heterocycles. The van der Waals surface area contributed by atoms with E-state index in [2.05, 4.69) is 23.0 Å². The zero-order valence-corrected chi connectivity index (χ0v) is 17.5. The molecule has 3 N–H and O–H groups in total. The van der Waals surface area contributed by atoms with Crippen LogP contribution < -0.4 is 5.90 Å². The summed E-state index contributed by atoms with van der Waals surface area (Å²) in [4.78, 5) is 16.0. The zero-order valence-electron chi connectivity index (χ0n) is 17.5. The molecule has 4 bridgehead atoms. The molecular weight excluding hydrogens is 386 g/mol. The van der Waals surface area contributed by atoms with Crippen LogP contribution in [0, 0.1) is 17.8 Å². The maximum absolute atomic E-state index is 11.7. The van der Waals surface area contributed by atoms with E-state index in [-0.39, 0.29) is 0 Å². The molecule has 0 saturated heterocycles. The minimum absolute atomic E-state index is 0.297. The molecule has 0 unspecified atom stereocenters. The third-order valence-corrected chi connectivity index (χ3v) is 8.14. The predicted molar refractivity (Wildman–Crippen MR) is 121 cm³/mol. The normalized spacial score (nSPS) is 28.7. The van der Waals surface area contributed by atoms with Crippen LogP contribution in [0.4, 0.5) is 0 Å². The highest BCUT2D eigenvalue weighted by Gasteiger charge is 2.51. The van der Waals surface area contributed by atoms with Gasteiger partial charge in [-0.2, -0.15) is 5.90 Å². The first kappa shape index (κ1) is 18.9. The minimum Gasteiger partial charge on any atom is -0.507 e. The number of nitrogens with two attached hydrogens (primary N) is 1. The molecule has 3 aromatic rings. The maximum atomic E-state index is 11.7. The van der Waals surface area contributed by atoms with Gasteiger partial charge in [0.15, 0.2) is 0 Å². The van der Waals surface area contributed by atoms with Gasteiger partial charge < -0.3 is 9.94 Å². The average molecular weight is 414 g/mol. The van der Waals surface area contributed by atoms with Gasteiger partial charge in [-0.3, -0.25) is 0 Å². The van der Waals surface area contributed by atoms with Crippen molar-refractivity contribution in [2.75, 3.05) is 0 Å². The Morgan fingerprint density at radius 2 is 1.52 bits per heavy atom. The van der Waals surface area contributed by atoms with Crippen LogP contribution in [0.1, 0.15) is 54.4 Å². The second kappa shape index (κ2) is 6.83. The summed E-state index contributed by atoms with van der Waals surface area (Å²) in [6, 6.07) is 17.7. The van der Waals surface area contributed by atoms with Crippen molar-refractivity contribution in [2.45, 2.75) is 43.9 Å². The van der Waals surface area contributed by atoms with Crippen molar-refractivity contribution in [2.24, 2.45) is 23.7 Å². The molecule has 3 aromatic carbocycles. The number of carbonyl (C=O) groups is 1. The molecule has 0 amide bonds. The van der Waals surface area contributed by atoms with Crippen molar-refractivity contribution in [3.8, 4) is 16.9 Å². The van der Waals surface area contributed by atoms with Gasteiger partial charge in [0.05, 0.1) is 5.56 Å². The molecule has 4 fully saturated rings. The number of carbonyl (C=O) groups excluding carboxylic acids is 1. The molecule has 4 heteroatoms. The molecular formula is C27H27NO3. The van der Waals surface area contributed by atoms with Crippen molar-refractivity contribution in [3.63, 3.8) is 0 Å². The Bertz CT molecular complexity index is 1160. The van der Waals surface area contributed by atoms with E-state index in [1.54, 1.807) is 12.1 Å². The molecule has 158 valence electrons. The molecule has 0 aromatic heterocycles. The first-order valence-corrected chi connectivity index (χ1v) is 11.3. The van der Waals surface area contributed by atoms with Gasteiger partial charge >= 0.3 is 5.97 Å². The molecule has 4 saturated carbocycles. The average Bonchev–Trinajstić information content (AvgIpc) is 2.77. The van der Waals surface area contributed by atoms with Gasteiger partial charge in [-0.15, -0.1) is 0 Å². The molecule has 4 aliphatic rings. The third kappa shape index (κ3) is 3.04. The number of fused-ring (bicyclic) bond motifs is 1. The summed E-state index contributed by atoms with van der Waals surface area (Å²) in [5.41, 5.74) is 4.01. The molecule has 0 spiro atoms. The van der Waals surface area contributed by atoms with Crippen LogP contribution in [0.25, 0.3) is 21.9 Å². The van der Waals surface area contributed by atoms with Gasteiger partial charge in [0, 0.05) is 5.56 Å². The van der Waals surface area contributed by atoms with Crippen molar-refractivity contribution in [3.05, 3.63) is 65.7 Å². The second-order valence-electron chi connectivity index (χ2n) is 10.1. The van der Waals surface area contributed by atoms with E-state index in [1.807, 2.05) is 24.3 Å². The highest BCUT2D eigenvalue weighted by molar-refractivity contribution is 5.96. The largest absolute Gasteiger partial charge is 0.507 e. The van der Waals surface area contributed by atoms with Crippen LogP contribution in [0.2, 0.25) is 0 Å². The van der Waals surface area contributed by atoms with E-state index < -0.39 is 5.97 Å².